The van der Waals surface area contributed by atoms with Gasteiger partial charge in [0.2, 0.25) is 0 Å². The summed E-state index contributed by atoms with van der Waals surface area (Å²) in [6, 6.07) is 3.93. The van der Waals surface area contributed by atoms with Crippen LogP contribution in [0.1, 0.15) is 23.3 Å². The van der Waals surface area contributed by atoms with E-state index in [1.807, 2.05) is 17.5 Å². The van der Waals surface area contributed by atoms with E-state index in [1.54, 1.807) is 21.6 Å². The minimum absolute atomic E-state index is 0.161. The van der Waals surface area contributed by atoms with E-state index in [1.165, 1.54) is 11.3 Å². The van der Waals surface area contributed by atoms with E-state index >= 15 is 0 Å². The third kappa shape index (κ3) is 3.01. The summed E-state index contributed by atoms with van der Waals surface area (Å²) < 4.78 is 0. The largest absolute Gasteiger partial charge is 0.393 e. The maximum Gasteiger partial charge on any atom is 0.273 e. The van der Waals surface area contributed by atoms with Gasteiger partial charge in [0.25, 0.3) is 5.91 Å². The Morgan fingerprint density at radius 3 is 3.05 bits per heavy atom. The number of likely N-dealkylation sites (tertiary alicyclic amines) is 1. The highest BCUT2D eigenvalue weighted by molar-refractivity contribution is 7.20. The summed E-state index contributed by atoms with van der Waals surface area (Å²) in [4.78, 5) is 19.5. The lowest BCUT2D eigenvalue weighted by atomic mass is 9.93. The van der Waals surface area contributed by atoms with Crippen LogP contribution in [0.15, 0.2) is 22.9 Å². The minimum Gasteiger partial charge on any atom is -0.393 e. The number of aliphatic hydroxyl groups is 2. The molecular weight excluding hydrogens is 308 g/mol. The van der Waals surface area contributed by atoms with Gasteiger partial charge >= 0.3 is 0 Å². The van der Waals surface area contributed by atoms with Crippen molar-refractivity contribution in [1.82, 2.24) is 9.88 Å². The zero-order valence-corrected chi connectivity index (χ0v) is 13.0. The molecule has 0 unspecified atom stereocenters. The minimum atomic E-state index is -1.18. The molecule has 5 nitrogen and oxygen atoms in total. The van der Waals surface area contributed by atoms with Crippen molar-refractivity contribution >= 4 is 28.6 Å². The SMILES string of the molecule is O=C(c1csc(-c2cccs2)n1)N1CCC[C@](O)(CO)C1. The summed E-state index contributed by atoms with van der Waals surface area (Å²) in [7, 11) is 0. The average Bonchev–Trinajstić information content (AvgIpc) is 3.17. The molecule has 1 saturated heterocycles. The van der Waals surface area contributed by atoms with Crippen LogP contribution in [-0.2, 0) is 0 Å². The molecule has 0 radical (unpaired) electrons. The molecule has 0 spiro atoms. The van der Waals surface area contributed by atoms with Gasteiger partial charge in [-0.15, -0.1) is 22.7 Å². The van der Waals surface area contributed by atoms with E-state index in [0.717, 1.165) is 9.88 Å². The van der Waals surface area contributed by atoms with Crippen LogP contribution >= 0.6 is 22.7 Å². The molecule has 3 rings (SSSR count). The van der Waals surface area contributed by atoms with E-state index in [-0.39, 0.29) is 19.1 Å². The van der Waals surface area contributed by atoms with Gasteiger partial charge in [0.15, 0.2) is 0 Å². The lowest BCUT2D eigenvalue weighted by molar-refractivity contribution is -0.0599. The predicted molar refractivity (Wildman–Crippen MR) is 82.6 cm³/mol. The Bertz CT molecular complexity index is 626. The van der Waals surface area contributed by atoms with Crippen LogP contribution in [-0.4, -0.2) is 51.3 Å². The van der Waals surface area contributed by atoms with E-state index in [4.69, 9.17) is 0 Å². The van der Waals surface area contributed by atoms with Crippen molar-refractivity contribution in [2.75, 3.05) is 19.7 Å². The molecule has 7 heteroatoms. The van der Waals surface area contributed by atoms with Gasteiger partial charge in [-0.3, -0.25) is 4.79 Å². The van der Waals surface area contributed by atoms with Gasteiger partial charge in [0, 0.05) is 11.9 Å². The van der Waals surface area contributed by atoms with Crippen LogP contribution in [0.2, 0.25) is 0 Å². The summed E-state index contributed by atoms with van der Waals surface area (Å²) >= 11 is 3.04. The highest BCUT2D eigenvalue weighted by Crippen LogP contribution is 2.29. The number of aliphatic hydroxyl groups excluding tert-OH is 1. The highest BCUT2D eigenvalue weighted by atomic mass is 32.1. The third-order valence-electron chi connectivity index (χ3n) is 3.59. The van der Waals surface area contributed by atoms with Gasteiger partial charge in [-0.25, -0.2) is 4.98 Å². The number of thiazole rings is 1. The van der Waals surface area contributed by atoms with Crippen molar-refractivity contribution in [2.45, 2.75) is 18.4 Å². The molecule has 2 aromatic heterocycles. The molecule has 1 aliphatic heterocycles. The van der Waals surface area contributed by atoms with Crippen molar-refractivity contribution in [1.29, 1.82) is 0 Å². The standard InChI is InChI=1S/C14H16N2O3S2/c17-9-14(19)4-2-5-16(8-14)13(18)10-7-21-12(15-10)11-3-1-6-20-11/h1,3,6-7,17,19H,2,4-5,8-9H2/t14-/m1/s1. The van der Waals surface area contributed by atoms with Crippen LogP contribution in [0.25, 0.3) is 9.88 Å². The summed E-state index contributed by atoms with van der Waals surface area (Å²) in [5, 5.41) is 24.0. The summed E-state index contributed by atoms with van der Waals surface area (Å²) in [6.45, 7) is 0.426. The van der Waals surface area contributed by atoms with Crippen LogP contribution in [0.3, 0.4) is 0 Å². The number of rotatable bonds is 3. The first-order chi connectivity index (χ1) is 10.1. The Hall–Kier alpha value is -1.28. The van der Waals surface area contributed by atoms with Gasteiger partial charge in [-0.2, -0.15) is 0 Å². The molecule has 1 atom stereocenters. The molecule has 0 saturated carbocycles. The molecule has 0 aromatic carbocycles. The molecule has 112 valence electrons. The van der Waals surface area contributed by atoms with E-state index in [9.17, 15) is 15.0 Å². The Balaban J connectivity index is 1.76. The average molecular weight is 324 g/mol. The van der Waals surface area contributed by atoms with Crippen LogP contribution in [0.4, 0.5) is 0 Å². The van der Waals surface area contributed by atoms with E-state index in [2.05, 4.69) is 4.98 Å². The smallest absolute Gasteiger partial charge is 0.273 e. The zero-order chi connectivity index (χ0) is 14.9. The number of thiophene rings is 1. The van der Waals surface area contributed by atoms with Crippen molar-refractivity contribution in [3.8, 4) is 9.88 Å². The first-order valence-corrected chi connectivity index (χ1v) is 8.49. The molecule has 2 aromatic rings. The topological polar surface area (TPSA) is 73.7 Å². The van der Waals surface area contributed by atoms with Crippen LogP contribution in [0, 0.1) is 0 Å². The van der Waals surface area contributed by atoms with E-state index < -0.39 is 5.60 Å². The maximum atomic E-state index is 12.5. The molecule has 0 aliphatic carbocycles. The van der Waals surface area contributed by atoms with Gasteiger partial charge in [-0.1, -0.05) is 6.07 Å². The number of nitrogens with zero attached hydrogens (tertiary/aromatic N) is 2. The van der Waals surface area contributed by atoms with Crippen LogP contribution < -0.4 is 0 Å². The van der Waals surface area contributed by atoms with Gasteiger partial charge in [0.1, 0.15) is 16.3 Å². The zero-order valence-electron chi connectivity index (χ0n) is 11.4. The first-order valence-electron chi connectivity index (χ1n) is 6.73. The first kappa shape index (κ1) is 14.6. The number of carbonyl (C=O) groups excluding carboxylic acids is 1. The van der Waals surface area contributed by atoms with Crippen molar-refractivity contribution < 1.29 is 15.0 Å². The Morgan fingerprint density at radius 2 is 2.33 bits per heavy atom. The maximum absolute atomic E-state index is 12.5. The molecule has 21 heavy (non-hydrogen) atoms. The van der Waals surface area contributed by atoms with Gasteiger partial charge in [0.05, 0.1) is 18.0 Å². The molecule has 3 heterocycles. The number of hydrogen-bond donors (Lipinski definition) is 2. The van der Waals surface area contributed by atoms with Crippen molar-refractivity contribution in [3.05, 3.63) is 28.6 Å². The number of hydrogen-bond acceptors (Lipinski definition) is 6. The number of β-amino-alcohol motifs (C(OH)–C–C–N with tert-alkyl or cyclic N) is 1. The molecule has 0 bridgehead atoms. The number of piperidine rings is 1. The molecule has 1 aliphatic rings. The molecule has 1 fully saturated rings. The monoisotopic (exact) mass is 324 g/mol. The van der Waals surface area contributed by atoms with Crippen molar-refractivity contribution in [2.24, 2.45) is 0 Å². The molecular formula is C14H16N2O3S2. The summed E-state index contributed by atoms with van der Waals surface area (Å²) in [5.74, 6) is -0.180. The van der Waals surface area contributed by atoms with Crippen LogP contribution in [0.5, 0.6) is 0 Å². The third-order valence-corrected chi connectivity index (χ3v) is 5.47. The van der Waals surface area contributed by atoms with Gasteiger partial charge in [-0.05, 0) is 24.3 Å². The lowest BCUT2D eigenvalue weighted by Gasteiger charge is -2.37. The lowest BCUT2D eigenvalue weighted by Crippen LogP contribution is -2.52. The second-order valence-electron chi connectivity index (χ2n) is 5.23. The van der Waals surface area contributed by atoms with Gasteiger partial charge < -0.3 is 15.1 Å². The fourth-order valence-electron chi connectivity index (χ4n) is 2.46. The molecule has 2 N–H and O–H groups in total. The molecule has 1 amide bonds. The Labute approximate surface area is 130 Å². The van der Waals surface area contributed by atoms with E-state index in [0.29, 0.717) is 25.1 Å². The fourth-order valence-corrected chi connectivity index (χ4v) is 4.07. The van der Waals surface area contributed by atoms with Crippen molar-refractivity contribution in [3.63, 3.8) is 0 Å². The summed E-state index contributed by atoms with van der Waals surface area (Å²) in [5.41, 5.74) is -0.772. The number of carbonyl (C=O) groups is 1. The summed E-state index contributed by atoms with van der Waals surface area (Å²) in [6.07, 6.45) is 1.20. The highest BCUT2D eigenvalue weighted by Gasteiger charge is 2.35. The fraction of sp³-hybridized carbons (Fsp3) is 0.429. The Morgan fingerprint density at radius 1 is 1.48 bits per heavy atom. The number of amides is 1. The quantitative estimate of drug-likeness (QED) is 0.903. The second kappa shape index (κ2) is 5.84. The predicted octanol–water partition coefficient (Wildman–Crippen LogP) is 1.83. The Kier molecular flexibility index (Phi) is 4.08. The normalized spacial score (nSPS) is 22.5. The second-order valence-corrected chi connectivity index (χ2v) is 7.03. The number of aromatic nitrogens is 1.